The van der Waals surface area contributed by atoms with E-state index >= 15 is 0 Å². The van der Waals surface area contributed by atoms with E-state index in [9.17, 15) is 9.59 Å². The van der Waals surface area contributed by atoms with Gasteiger partial charge in [0.15, 0.2) is 0 Å². The van der Waals surface area contributed by atoms with Crippen molar-refractivity contribution in [3.63, 3.8) is 0 Å². The van der Waals surface area contributed by atoms with Gasteiger partial charge in [0.1, 0.15) is 11.6 Å². The average Bonchev–Trinajstić information content (AvgIpc) is 3.35. The van der Waals surface area contributed by atoms with Crippen molar-refractivity contribution in [2.75, 3.05) is 0 Å². The minimum atomic E-state index is -0.333. The molecule has 0 N–H and O–H groups in total. The number of carbonyl (C=O) groups is 2. The largest absolute Gasteiger partial charge is 0.300 e. The molecule has 0 bridgehead atoms. The molecule has 2 heteroatoms. The summed E-state index contributed by atoms with van der Waals surface area (Å²) in [6.45, 7) is 3.40. The van der Waals surface area contributed by atoms with Crippen molar-refractivity contribution in [3.8, 4) is 22.3 Å². The smallest absolute Gasteiger partial charge is 0.129 e. The molecule has 2 aliphatic carbocycles. The highest BCUT2D eigenvalue weighted by Crippen LogP contribution is 2.62. The molecule has 0 amide bonds. The second-order valence-electron chi connectivity index (χ2n) is 10.9. The molecule has 0 saturated carbocycles. The molecular weight excluding hydrogens is 452 g/mol. The van der Waals surface area contributed by atoms with Crippen LogP contribution in [-0.2, 0) is 20.4 Å². The predicted molar refractivity (Wildman–Crippen MR) is 150 cm³/mol. The van der Waals surface area contributed by atoms with Gasteiger partial charge in [-0.2, -0.15) is 0 Å². The first-order chi connectivity index (χ1) is 18.0. The molecule has 0 fully saturated rings. The fraction of sp³-hybridized carbons (Fsp3) is 0.257. The molecule has 6 rings (SSSR count). The lowest BCUT2D eigenvalue weighted by Crippen LogP contribution is -2.38. The van der Waals surface area contributed by atoms with Crippen LogP contribution in [0, 0.1) is 0 Å². The van der Waals surface area contributed by atoms with Gasteiger partial charge in [-0.05, 0) is 77.6 Å². The fourth-order valence-corrected chi connectivity index (χ4v) is 7.22. The third-order valence-corrected chi connectivity index (χ3v) is 8.76. The second kappa shape index (κ2) is 8.95. The summed E-state index contributed by atoms with van der Waals surface area (Å²) in [5.74, 6) is 0.428. The minimum Gasteiger partial charge on any atom is -0.300 e. The Morgan fingerprint density at radius 3 is 1.03 bits per heavy atom. The molecule has 0 atom stereocenters. The molecule has 37 heavy (non-hydrogen) atoms. The molecule has 0 spiro atoms. The van der Waals surface area contributed by atoms with Crippen molar-refractivity contribution >= 4 is 11.6 Å². The molecule has 0 aromatic heterocycles. The van der Waals surface area contributed by atoms with Crippen LogP contribution in [0.3, 0.4) is 0 Å². The van der Waals surface area contributed by atoms with Gasteiger partial charge in [0.05, 0.1) is 0 Å². The van der Waals surface area contributed by atoms with Crippen molar-refractivity contribution in [1.82, 2.24) is 0 Å². The summed E-state index contributed by atoms with van der Waals surface area (Å²) < 4.78 is 0. The first kappa shape index (κ1) is 23.6. The zero-order valence-corrected chi connectivity index (χ0v) is 21.6. The summed E-state index contributed by atoms with van der Waals surface area (Å²) in [6.07, 6.45) is 3.37. The van der Waals surface area contributed by atoms with E-state index in [1.807, 2.05) is 0 Å². The van der Waals surface area contributed by atoms with Gasteiger partial charge in [0, 0.05) is 23.7 Å². The van der Waals surface area contributed by atoms with Crippen LogP contribution < -0.4 is 0 Å². The average molecular weight is 485 g/mol. The summed E-state index contributed by atoms with van der Waals surface area (Å²) in [5, 5.41) is 0. The molecule has 4 aromatic rings. The number of fused-ring (bicyclic) bond motifs is 6. The number of Topliss-reactive ketones (excluding diaryl/α,β-unsaturated/α-hetero) is 2. The zero-order valence-electron chi connectivity index (χ0n) is 21.6. The maximum Gasteiger partial charge on any atom is 0.129 e. The van der Waals surface area contributed by atoms with Crippen molar-refractivity contribution in [2.45, 2.75) is 56.8 Å². The third kappa shape index (κ3) is 3.62. The summed E-state index contributed by atoms with van der Waals surface area (Å²) in [6, 6.07) is 34.9. The van der Waals surface area contributed by atoms with Gasteiger partial charge in [-0.1, -0.05) is 97.1 Å². The SMILES string of the molecule is CC(=O)CCC1(CC2(CCC(C)=O)c3ccccc3-c3ccccc32)c2ccccc2-c2ccccc21. The van der Waals surface area contributed by atoms with Crippen molar-refractivity contribution in [3.05, 3.63) is 119 Å². The zero-order chi connectivity index (χ0) is 25.6. The first-order valence-corrected chi connectivity index (χ1v) is 13.3. The van der Waals surface area contributed by atoms with Crippen LogP contribution in [0.1, 0.15) is 68.2 Å². The Hall–Kier alpha value is -3.78. The van der Waals surface area contributed by atoms with Crippen molar-refractivity contribution in [2.24, 2.45) is 0 Å². The van der Waals surface area contributed by atoms with Gasteiger partial charge in [0.25, 0.3) is 0 Å². The standard InChI is InChI=1S/C35H32O2/c1-24(36)19-21-34(30-15-7-3-11-26(30)27-12-4-8-16-31(27)34)23-35(22-20-25(2)37)32-17-9-5-13-28(32)29-14-6-10-18-33(29)35/h3-18H,19-23H2,1-2H3. The van der Waals surface area contributed by atoms with Crippen molar-refractivity contribution < 1.29 is 9.59 Å². The van der Waals surface area contributed by atoms with Crippen LogP contribution in [0.5, 0.6) is 0 Å². The Morgan fingerprint density at radius 1 is 0.486 bits per heavy atom. The number of hydrogen-bond donors (Lipinski definition) is 0. The maximum atomic E-state index is 12.5. The van der Waals surface area contributed by atoms with Crippen LogP contribution in [-0.4, -0.2) is 11.6 Å². The van der Waals surface area contributed by atoms with Crippen LogP contribution in [0.25, 0.3) is 22.3 Å². The highest BCUT2D eigenvalue weighted by molar-refractivity contribution is 5.85. The third-order valence-electron chi connectivity index (χ3n) is 8.76. The highest BCUT2D eigenvalue weighted by atomic mass is 16.1. The lowest BCUT2D eigenvalue weighted by atomic mass is 9.59. The number of rotatable bonds is 8. The maximum absolute atomic E-state index is 12.5. The van der Waals surface area contributed by atoms with E-state index in [2.05, 4.69) is 97.1 Å². The van der Waals surface area contributed by atoms with Crippen LogP contribution >= 0.6 is 0 Å². The number of hydrogen-bond acceptors (Lipinski definition) is 2. The summed E-state index contributed by atoms with van der Waals surface area (Å²) in [4.78, 5) is 24.9. The number of ketones is 2. The molecular formula is C35H32O2. The Bertz CT molecular complexity index is 1320. The molecule has 0 unspecified atom stereocenters. The Labute approximate surface area is 219 Å². The van der Waals surface area contributed by atoms with E-state index in [0.29, 0.717) is 12.8 Å². The molecule has 0 saturated heterocycles. The highest BCUT2D eigenvalue weighted by Gasteiger charge is 2.52. The van der Waals surface area contributed by atoms with Gasteiger partial charge in [-0.3, -0.25) is 0 Å². The lowest BCUT2D eigenvalue weighted by molar-refractivity contribution is -0.118. The van der Waals surface area contributed by atoms with Gasteiger partial charge in [-0.25, -0.2) is 0 Å². The van der Waals surface area contributed by atoms with E-state index in [0.717, 1.165) is 19.3 Å². The van der Waals surface area contributed by atoms with Gasteiger partial charge in [-0.15, -0.1) is 0 Å². The van der Waals surface area contributed by atoms with E-state index < -0.39 is 0 Å². The monoisotopic (exact) mass is 484 g/mol. The van der Waals surface area contributed by atoms with Crippen LogP contribution in [0.2, 0.25) is 0 Å². The molecule has 2 nitrogen and oxygen atoms in total. The molecule has 0 aliphatic heterocycles. The summed E-state index contributed by atoms with van der Waals surface area (Å²) in [5.41, 5.74) is 9.63. The van der Waals surface area contributed by atoms with E-state index in [4.69, 9.17) is 0 Å². The minimum absolute atomic E-state index is 0.214. The van der Waals surface area contributed by atoms with E-state index in [1.54, 1.807) is 13.8 Å². The number of carbonyl (C=O) groups excluding carboxylic acids is 2. The van der Waals surface area contributed by atoms with Gasteiger partial charge in [0.2, 0.25) is 0 Å². The molecule has 0 radical (unpaired) electrons. The Morgan fingerprint density at radius 2 is 0.757 bits per heavy atom. The topological polar surface area (TPSA) is 34.1 Å². The molecule has 0 heterocycles. The Kier molecular flexibility index (Phi) is 5.71. The van der Waals surface area contributed by atoms with Crippen molar-refractivity contribution in [1.29, 1.82) is 0 Å². The van der Waals surface area contributed by atoms with Crippen LogP contribution in [0.4, 0.5) is 0 Å². The first-order valence-electron chi connectivity index (χ1n) is 13.3. The van der Waals surface area contributed by atoms with Gasteiger partial charge < -0.3 is 9.59 Å². The molecule has 4 aromatic carbocycles. The fourth-order valence-electron chi connectivity index (χ4n) is 7.22. The van der Waals surface area contributed by atoms with Crippen LogP contribution in [0.15, 0.2) is 97.1 Å². The second-order valence-corrected chi connectivity index (χ2v) is 10.9. The van der Waals surface area contributed by atoms with E-state index in [1.165, 1.54) is 44.5 Å². The predicted octanol–water partition coefficient (Wildman–Crippen LogP) is 8.05. The number of benzene rings is 4. The van der Waals surface area contributed by atoms with Gasteiger partial charge >= 0.3 is 0 Å². The molecule has 184 valence electrons. The normalized spacial score (nSPS) is 15.4. The van der Waals surface area contributed by atoms with E-state index in [-0.39, 0.29) is 22.4 Å². The Balaban J connectivity index is 1.64. The quantitative estimate of drug-likeness (QED) is 0.253. The summed E-state index contributed by atoms with van der Waals surface area (Å²) >= 11 is 0. The molecule has 2 aliphatic rings. The summed E-state index contributed by atoms with van der Waals surface area (Å²) in [7, 11) is 0. The lowest BCUT2D eigenvalue weighted by Gasteiger charge is -2.43.